The van der Waals surface area contributed by atoms with E-state index in [-0.39, 0.29) is 27.5 Å². The van der Waals surface area contributed by atoms with Gasteiger partial charge in [0.25, 0.3) is 5.69 Å². The number of benzene rings is 1. The van der Waals surface area contributed by atoms with Crippen LogP contribution in [0, 0.1) is 10.1 Å². The Morgan fingerprint density at radius 2 is 1.48 bits per heavy atom. The molecule has 0 aliphatic carbocycles. The van der Waals surface area contributed by atoms with E-state index in [1.165, 1.54) is 18.2 Å². The molecular formula is C11H3Cl7N4O2S. The van der Waals surface area contributed by atoms with Gasteiger partial charge in [0, 0.05) is 11.0 Å². The van der Waals surface area contributed by atoms with Crippen LogP contribution in [0.3, 0.4) is 0 Å². The summed E-state index contributed by atoms with van der Waals surface area (Å²) in [4.78, 5) is 22.5. The van der Waals surface area contributed by atoms with Gasteiger partial charge < -0.3 is 0 Å². The lowest BCUT2D eigenvalue weighted by Crippen LogP contribution is -2.16. The van der Waals surface area contributed by atoms with E-state index in [1.54, 1.807) is 0 Å². The molecule has 0 N–H and O–H groups in total. The van der Waals surface area contributed by atoms with Crippen molar-refractivity contribution in [1.82, 2.24) is 15.0 Å². The van der Waals surface area contributed by atoms with Gasteiger partial charge in [-0.2, -0.15) is 0 Å². The van der Waals surface area contributed by atoms with Gasteiger partial charge in [0.15, 0.2) is 16.8 Å². The highest BCUT2D eigenvalue weighted by Crippen LogP contribution is 2.41. The highest BCUT2D eigenvalue weighted by Gasteiger charge is 2.34. The maximum Gasteiger partial charge on any atom is 0.289 e. The molecule has 2 aromatic rings. The second kappa shape index (κ2) is 7.94. The Hall–Kier alpha value is 0.01000. The molecule has 0 saturated carbocycles. The molecule has 134 valence electrons. The number of aromatic nitrogens is 3. The van der Waals surface area contributed by atoms with Crippen LogP contribution in [0.1, 0.15) is 11.6 Å². The molecule has 0 unspecified atom stereocenters. The zero-order valence-corrected chi connectivity index (χ0v) is 17.5. The summed E-state index contributed by atoms with van der Waals surface area (Å²) in [7, 11) is 0. The minimum absolute atomic E-state index is 0.00858. The van der Waals surface area contributed by atoms with Crippen molar-refractivity contribution in [3.05, 3.63) is 45.0 Å². The van der Waals surface area contributed by atoms with Gasteiger partial charge in [-0.1, -0.05) is 81.2 Å². The Kier molecular flexibility index (Phi) is 6.77. The standard InChI is InChI=1S/C11H3Cl7N4O2S/c12-5-2-1-4(3-6(5)22(23)24)25-9-20-7(10(13,14)15)19-8(21-9)11(16,17)18/h1-3H. The van der Waals surface area contributed by atoms with E-state index in [9.17, 15) is 10.1 Å². The monoisotopic (exact) mass is 500 g/mol. The number of nitrogens with zero attached hydrogens (tertiary/aromatic N) is 4. The first kappa shape index (κ1) is 21.3. The number of nitro benzene ring substituents is 1. The van der Waals surface area contributed by atoms with Crippen LogP contribution in [0.4, 0.5) is 5.69 Å². The molecule has 0 atom stereocenters. The van der Waals surface area contributed by atoms with Crippen LogP contribution in [0.15, 0.2) is 28.3 Å². The third-order valence-corrected chi connectivity index (χ3v) is 4.63. The van der Waals surface area contributed by atoms with Crippen LogP contribution in [-0.2, 0) is 7.59 Å². The Morgan fingerprint density at radius 1 is 0.960 bits per heavy atom. The first-order valence-electron chi connectivity index (χ1n) is 5.90. The van der Waals surface area contributed by atoms with Gasteiger partial charge in [0.05, 0.1) is 4.92 Å². The molecule has 6 nitrogen and oxygen atoms in total. The first-order chi connectivity index (χ1) is 11.4. The largest absolute Gasteiger partial charge is 0.289 e. The van der Waals surface area contributed by atoms with Gasteiger partial charge in [-0.05, 0) is 23.9 Å². The second-order valence-corrected chi connectivity index (χ2v) is 10.2. The van der Waals surface area contributed by atoms with E-state index in [1.807, 2.05) is 0 Å². The third kappa shape index (κ3) is 5.74. The minimum Gasteiger partial charge on any atom is -0.258 e. The van der Waals surface area contributed by atoms with Gasteiger partial charge in [0.2, 0.25) is 7.59 Å². The van der Waals surface area contributed by atoms with E-state index in [2.05, 4.69) is 15.0 Å². The lowest BCUT2D eigenvalue weighted by atomic mass is 10.3. The SMILES string of the molecule is O=[N+]([O-])c1cc(Sc2nc(C(Cl)(Cl)Cl)nc(C(Cl)(Cl)Cl)n2)ccc1Cl. The third-order valence-electron chi connectivity index (χ3n) is 2.45. The van der Waals surface area contributed by atoms with E-state index < -0.39 is 12.5 Å². The summed E-state index contributed by atoms with van der Waals surface area (Å²) in [6.07, 6.45) is 0. The lowest BCUT2D eigenvalue weighted by Gasteiger charge is -2.15. The molecule has 1 aromatic carbocycles. The number of hydrogen-bond donors (Lipinski definition) is 0. The Labute approximate surface area is 180 Å². The van der Waals surface area contributed by atoms with E-state index in [4.69, 9.17) is 81.2 Å². The Bertz CT molecular complexity index is 793. The van der Waals surface area contributed by atoms with Crippen molar-refractivity contribution in [2.45, 2.75) is 17.6 Å². The van der Waals surface area contributed by atoms with Crippen molar-refractivity contribution < 1.29 is 4.92 Å². The fourth-order valence-electron chi connectivity index (χ4n) is 1.46. The van der Waals surface area contributed by atoms with Crippen molar-refractivity contribution in [3.8, 4) is 0 Å². The molecule has 0 radical (unpaired) electrons. The minimum atomic E-state index is -1.99. The summed E-state index contributed by atoms with van der Waals surface area (Å²) < 4.78 is -3.98. The maximum absolute atomic E-state index is 11.0. The molecule has 0 saturated heterocycles. The predicted molar refractivity (Wildman–Crippen MR) is 101 cm³/mol. The highest BCUT2D eigenvalue weighted by atomic mass is 35.6. The number of halogens is 7. The summed E-state index contributed by atoms with van der Waals surface area (Å²) in [5.41, 5.74) is -0.288. The van der Waals surface area contributed by atoms with Crippen LogP contribution in [0.25, 0.3) is 0 Å². The topological polar surface area (TPSA) is 81.8 Å². The van der Waals surface area contributed by atoms with Crippen LogP contribution in [-0.4, -0.2) is 19.9 Å². The van der Waals surface area contributed by atoms with Gasteiger partial charge in [-0.15, -0.1) is 0 Å². The van der Waals surface area contributed by atoms with Gasteiger partial charge in [-0.3, -0.25) is 10.1 Å². The van der Waals surface area contributed by atoms with Crippen LogP contribution in [0.5, 0.6) is 0 Å². The van der Waals surface area contributed by atoms with Crippen molar-refractivity contribution in [2.24, 2.45) is 0 Å². The molecule has 0 aliphatic heterocycles. The average Bonchev–Trinajstić information content (AvgIpc) is 2.47. The Balaban J connectivity index is 2.49. The molecule has 0 amide bonds. The number of alkyl halides is 6. The number of hydrogen-bond acceptors (Lipinski definition) is 6. The van der Waals surface area contributed by atoms with Crippen molar-refractivity contribution in [2.75, 3.05) is 0 Å². The average molecular weight is 503 g/mol. The number of nitro groups is 1. The fourth-order valence-corrected chi connectivity index (χ4v) is 2.93. The van der Waals surface area contributed by atoms with Crippen molar-refractivity contribution in [1.29, 1.82) is 0 Å². The predicted octanol–water partition coefficient (Wildman–Crippen LogP) is 6.24. The summed E-state index contributed by atoms with van der Waals surface area (Å²) >= 11 is 41.3. The normalized spacial score (nSPS) is 12.3. The zero-order chi connectivity index (χ0) is 19.0. The maximum atomic E-state index is 11.0. The fraction of sp³-hybridized carbons (Fsp3) is 0.182. The Morgan fingerprint density at radius 3 is 1.92 bits per heavy atom. The quantitative estimate of drug-likeness (QED) is 0.280. The molecule has 1 heterocycles. The molecule has 2 rings (SSSR count). The first-order valence-corrected chi connectivity index (χ1v) is 9.36. The highest BCUT2D eigenvalue weighted by molar-refractivity contribution is 7.99. The molecule has 0 fully saturated rings. The van der Waals surface area contributed by atoms with E-state index in [0.717, 1.165) is 11.8 Å². The molecule has 0 bridgehead atoms. The smallest absolute Gasteiger partial charge is 0.258 e. The van der Waals surface area contributed by atoms with Crippen molar-refractivity contribution >= 4 is 98.7 Å². The zero-order valence-electron chi connectivity index (χ0n) is 11.4. The summed E-state index contributed by atoms with van der Waals surface area (Å²) in [6.45, 7) is 0. The summed E-state index contributed by atoms with van der Waals surface area (Å²) in [6, 6.07) is 4.11. The van der Waals surface area contributed by atoms with Crippen LogP contribution in [0.2, 0.25) is 5.02 Å². The lowest BCUT2D eigenvalue weighted by molar-refractivity contribution is -0.384. The van der Waals surface area contributed by atoms with E-state index >= 15 is 0 Å². The second-order valence-electron chi connectivity index (χ2n) is 4.23. The van der Waals surface area contributed by atoms with Gasteiger partial charge >= 0.3 is 0 Å². The molecule has 25 heavy (non-hydrogen) atoms. The van der Waals surface area contributed by atoms with E-state index in [0.29, 0.717) is 4.90 Å². The molecule has 14 heteroatoms. The van der Waals surface area contributed by atoms with Crippen LogP contribution >= 0.6 is 93.0 Å². The molecule has 1 aromatic heterocycles. The van der Waals surface area contributed by atoms with Crippen LogP contribution < -0.4 is 0 Å². The van der Waals surface area contributed by atoms with Gasteiger partial charge in [0.1, 0.15) is 5.02 Å². The molecular weight excluding hydrogens is 500 g/mol. The number of rotatable bonds is 3. The summed E-state index contributed by atoms with van der Waals surface area (Å²) in [5.74, 6) is -0.528. The summed E-state index contributed by atoms with van der Waals surface area (Å²) in [5, 5.41) is 11.0. The van der Waals surface area contributed by atoms with Crippen molar-refractivity contribution in [3.63, 3.8) is 0 Å². The molecule has 0 spiro atoms. The van der Waals surface area contributed by atoms with Gasteiger partial charge in [-0.25, -0.2) is 15.0 Å². The molecule has 0 aliphatic rings.